The third kappa shape index (κ3) is 5.06. The second-order valence-corrected chi connectivity index (χ2v) is 7.23. The van der Waals surface area contributed by atoms with E-state index in [1.165, 1.54) is 26.0 Å². The number of ether oxygens (including phenoxy) is 3. The molecule has 0 unspecified atom stereocenters. The molecule has 150 valence electrons. The molecule has 1 aromatic heterocycles. The molecule has 0 saturated heterocycles. The van der Waals surface area contributed by atoms with Gasteiger partial charge >= 0.3 is 5.97 Å². The van der Waals surface area contributed by atoms with E-state index in [4.69, 9.17) is 14.2 Å². The first-order valence-electron chi connectivity index (χ1n) is 8.92. The van der Waals surface area contributed by atoms with E-state index in [0.29, 0.717) is 17.1 Å². The number of hydrogen-bond donors (Lipinski definition) is 0. The number of nitrogens with zero attached hydrogens (tertiary/aromatic N) is 1. The molecule has 0 aliphatic rings. The maximum atomic E-state index is 12.4. The van der Waals surface area contributed by atoms with Gasteiger partial charge < -0.3 is 14.2 Å². The maximum Gasteiger partial charge on any atom is 0.316 e. The van der Waals surface area contributed by atoms with Crippen LogP contribution in [0.25, 0.3) is 10.9 Å². The number of ketones is 1. The molecule has 0 radical (unpaired) electrons. The molecule has 0 spiro atoms. The minimum atomic E-state index is -0.488. The molecule has 0 aliphatic heterocycles. The Morgan fingerprint density at radius 2 is 1.83 bits per heavy atom. The van der Waals surface area contributed by atoms with Crippen LogP contribution in [0, 0.1) is 6.92 Å². The number of aryl methyl sites for hydroxylation is 1. The molecule has 3 rings (SSSR count). The Hall–Kier alpha value is -3.06. The van der Waals surface area contributed by atoms with Crippen LogP contribution in [0.15, 0.2) is 53.6 Å². The number of thioether (sulfide) groups is 1. The van der Waals surface area contributed by atoms with Crippen LogP contribution in [-0.4, -0.2) is 43.3 Å². The lowest BCUT2D eigenvalue weighted by Gasteiger charge is -2.10. The van der Waals surface area contributed by atoms with E-state index < -0.39 is 5.97 Å². The van der Waals surface area contributed by atoms with Crippen molar-refractivity contribution in [2.75, 3.05) is 26.6 Å². The Morgan fingerprint density at radius 1 is 1.03 bits per heavy atom. The molecule has 29 heavy (non-hydrogen) atoms. The van der Waals surface area contributed by atoms with Crippen molar-refractivity contribution in [3.05, 3.63) is 59.7 Å². The highest BCUT2D eigenvalue weighted by molar-refractivity contribution is 7.99. The Morgan fingerprint density at radius 3 is 2.59 bits per heavy atom. The highest BCUT2D eigenvalue weighted by atomic mass is 32.2. The third-order valence-electron chi connectivity index (χ3n) is 4.31. The van der Waals surface area contributed by atoms with Gasteiger partial charge in [0.05, 0.1) is 36.1 Å². The number of carbonyl (C=O) groups is 2. The molecule has 0 N–H and O–H groups in total. The summed E-state index contributed by atoms with van der Waals surface area (Å²) in [6.45, 7) is 1.64. The highest BCUT2D eigenvalue weighted by Crippen LogP contribution is 2.25. The molecule has 0 bridgehead atoms. The van der Waals surface area contributed by atoms with Gasteiger partial charge in [0.15, 0.2) is 6.61 Å². The van der Waals surface area contributed by atoms with Crippen LogP contribution in [0.2, 0.25) is 0 Å². The van der Waals surface area contributed by atoms with Gasteiger partial charge in [-0.05, 0) is 42.8 Å². The normalized spacial score (nSPS) is 10.6. The number of Topliss-reactive ketones (excluding diaryl/α,β-unsaturated/α-hetero) is 1. The Bertz CT molecular complexity index is 1050. The van der Waals surface area contributed by atoms with Crippen LogP contribution >= 0.6 is 11.8 Å². The van der Waals surface area contributed by atoms with Gasteiger partial charge in [-0.25, -0.2) is 4.98 Å². The van der Waals surface area contributed by atoms with Gasteiger partial charge in [-0.3, -0.25) is 9.59 Å². The number of aromatic nitrogens is 1. The number of para-hydroxylation sites is 1. The molecular formula is C22H21NO5S. The van der Waals surface area contributed by atoms with E-state index in [9.17, 15) is 9.59 Å². The Labute approximate surface area is 173 Å². The molecule has 0 amide bonds. The predicted octanol–water partition coefficient (Wildman–Crippen LogP) is 4.08. The average molecular weight is 411 g/mol. The molecule has 7 heteroatoms. The van der Waals surface area contributed by atoms with Crippen molar-refractivity contribution in [2.45, 2.75) is 11.9 Å². The minimum Gasteiger partial charge on any atom is -0.497 e. The number of rotatable bonds is 8. The summed E-state index contributed by atoms with van der Waals surface area (Å²) in [5, 5.41) is 1.82. The molecular weight excluding hydrogens is 390 g/mol. The highest BCUT2D eigenvalue weighted by Gasteiger charge is 2.16. The summed E-state index contributed by atoms with van der Waals surface area (Å²) in [6, 6.07) is 14.7. The fourth-order valence-corrected chi connectivity index (χ4v) is 3.59. The van der Waals surface area contributed by atoms with Gasteiger partial charge in [-0.2, -0.15) is 0 Å². The van der Waals surface area contributed by atoms with Gasteiger partial charge in [0.25, 0.3) is 0 Å². The van der Waals surface area contributed by atoms with Crippen molar-refractivity contribution in [2.24, 2.45) is 0 Å². The number of pyridine rings is 1. The largest absolute Gasteiger partial charge is 0.497 e. The van der Waals surface area contributed by atoms with Crippen molar-refractivity contribution in [1.82, 2.24) is 4.98 Å². The Balaban J connectivity index is 1.58. The first kappa shape index (κ1) is 20.7. The van der Waals surface area contributed by atoms with Crippen LogP contribution in [0.3, 0.4) is 0 Å². The lowest BCUT2D eigenvalue weighted by molar-refractivity contribution is -0.139. The Kier molecular flexibility index (Phi) is 6.72. The molecule has 0 atom stereocenters. The summed E-state index contributed by atoms with van der Waals surface area (Å²) < 4.78 is 15.5. The number of hydrogen-bond acceptors (Lipinski definition) is 7. The van der Waals surface area contributed by atoms with Crippen molar-refractivity contribution in [1.29, 1.82) is 0 Å². The van der Waals surface area contributed by atoms with Crippen molar-refractivity contribution >= 4 is 34.4 Å². The van der Waals surface area contributed by atoms with Crippen LogP contribution < -0.4 is 9.47 Å². The number of fused-ring (bicyclic) bond motifs is 1. The van der Waals surface area contributed by atoms with Crippen molar-refractivity contribution in [3.63, 3.8) is 0 Å². The smallest absolute Gasteiger partial charge is 0.316 e. The second-order valence-electron chi connectivity index (χ2n) is 6.23. The molecule has 2 aromatic carbocycles. The fourth-order valence-electron chi connectivity index (χ4n) is 2.82. The quantitative estimate of drug-likeness (QED) is 0.314. The molecule has 3 aromatic rings. The minimum absolute atomic E-state index is 0.0628. The lowest BCUT2D eigenvalue weighted by atomic mass is 10.1. The van der Waals surface area contributed by atoms with E-state index >= 15 is 0 Å². The number of benzene rings is 2. The topological polar surface area (TPSA) is 74.7 Å². The van der Waals surface area contributed by atoms with E-state index in [1.54, 1.807) is 18.2 Å². The fraction of sp³-hybridized carbons (Fsp3) is 0.227. The van der Waals surface area contributed by atoms with Crippen LogP contribution in [0.1, 0.15) is 15.9 Å². The summed E-state index contributed by atoms with van der Waals surface area (Å²) in [5.74, 6) is 0.135. The van der Waals surface area contributed by atoms with E-state index in [0.717, 1.165) is 21.5 Å². The van der Waals surface area contributed by atoms with Gasteiger partial charge in [0, 0.05) is 5.39 Å². The maximum absolute atomic E-state index is 12.4. The monoisotopic (exact) mass is 411 g/mol. The summed E-state index contributed by atoms with van der Waals surface area (Å²) in [5.41, 5.74) is 2.27. The second kappa shape index (κ2) is 9.43. The zero-order valence-electron chi connectivity index (χ0n) is 16.4. The van der Waals surface area contributed by atoms with Crippen LogP contribution in [0.5, 0.6) is 11.5 Å². The van der Waals surface area contributed by atoms with Gasteiger partial charge in [-0.1, -0.05) is 30.0 Å². The summed E-state index contributed by atoms with van der Waals surface area (Å²) in [6.07, 6.45) is 0. The standard InChI is InChI=1S/C22H21NO5S/c1-14-10-21(23-18-7-5-4-6-16(14)18)29-13-22(25)28-12-19(24)17-11-15(26-2)8-9-20(17)27-3/h4-11H,12-13H2,1-3H3. The lowest BCUT2D eigenvalue weighted by Crippen LogP contribution is -2.16. The van der Waals surface area contributed by atoms with Gasteiger partial charge in [0.2, 0.25) is 5.78 Å². The molecule has 0 saturated carbocycles. The first-order chi connectivity index (χ1) is 14.0. The SMILES string of the molecule is COc1ccc(OC)c(C(=O)COC(=O)CSc2cc(C)c3ccccc3n2)c1. The summed E-state index contributed by atoms with van der Waals surface area (Å²) in [4.78, 5) is 29.1. The zero-order chi connectivity index (χ0) is 20.8. The van der Waals surface area contributed by atoms with Crippen molar-refractivity contribution in [3.8, 4) is 11.5 Å². The van der Waals surface area contributed by atoms with Gasteiger partial charge in [0.1, 0.15) is 11.5 Å². The third-order valence-corrected chi connectivity index (χ3v) is 5.19. The number of methoxy groups -OCH3 is 2. The molecule has 1 heterocycles. The molecule has 0 aliphatic carbocycles. The predicted molar refractivity (Wildman–Crippen MR) is 112 cm³/mol. The van der Waals surface area contributed by atoms with Crippen LogP contribution in [0.4, 0.5) is 0 Å². The number of esters is 1. The summed E-state index contributed by atoms with van der Waals surface area (Å²) >= 11 is 1.28. The summed E-state index contributed by atoms with van der Waals surface area (Å²) in [7, 11) is 2.98. The number of carbonyl (C=O) groups excluding carboxylic acids is 2. The van der Waals surface area contributed by atoms with E-state index in [1.807, 2.05) is 37.3 Å². The van der Waals surface area contributed by atoms with E-state index in [2.05, 4.69) is 4.98 Å². The van der Waals surface area contributed by atoms with Crippen molar-refractivity contribution < 1.29 is 23.8 Å². The first-order valence-corrected chi connectivity index (χ1v) is 9.90. The molecule has 6 nitrogen and oxygen atoms in total. The average Bonchev–Trinajstić information content (AvgIpc) is 2.75. The zero-order valence-corrected chi connectivity index (χ0v) is 17.2. The molecule has 0 fully saturated rings. The van der Waals surface area contributed by atoms with Gasteiger partial charge in [-0.15, -0.1) is 0 Å². The van der Waals surface area contributed by atoms with Crippen LogP contribution in [-0.2, 0) is 9.53 Å². The van der Waals surface area contributed by atoms with E-state index in [-0.39, 0.29) is 18.1 Å².